The molecule has 0 atom stereocenters. The van der Waals surface area contributed by atoms with E-state index in [4.69, 9.17) is 0 Å². The Morgan fingerprint density at radius 2 is 1.87 bits per heavy atom. The van der Waals surface area contributed by atoms with Gasteiger partial charge in [0.15, 0.2) is 0 Å². The van der Waals surface area contributed by atoms with Crippen molar-refractivity contribution in [2.75, 3.05) is 0 Å². The molecule has 3 rings (SSSR count). The molecule has 2 aromatic heterocycles. The number of nitro benzene ring substituents is 1. The van der Waals surface area contributed by atoms with Crippen molar-refractivity contribution in [3.05, 3.63) is 62.7 Å². The molecule has 30 heavy (non-hydrogen) atoms. The number of aromatic nitrogens is 4. The van der Waals surface area contributed by atoms with Crippen LogP contribution in [0, 0.1) is 24.0 Å². The van der Waals surface area contributed by atoms with Gasteiger partial charge in [-0.15, -0.1) is 5.10 Å². The summed E-state index contributed by atoms with van der Waals surface area (Å²) in [6.07, 6.45) is -4.33. The quantitative estimate of drug-likeness (QED) is 0.482. The minimum atomic E-state index is -4.67. The summed E-state index contributed by atoms with van der Waals surface area (Å²) in [5.74, 6) is -1.69. The van der Waals surface area contributed by atoms with E-state index < -0.39 is 16.9 Å². The summed E-state index contributed by atoms with van der Waals surface area (Å²) in [5, 5.41) is 16.8. The Morgan fingerprint density at radius 3 is 2.47 bits per heavy atom. The van der Waals surface area contributed by atoms with Crippen LogP contribution >= 0.6 is 0 Å². The average molecular weight is 422 g/mol. The van der Waals surface area contributed by atoms with Crippen LogP contribution in [-0.4, -0.2) is 30.4 Å². The number of non-ortho nitro benzene ring substituents is 1. The number of nitro groups is 1. The number of hydrogen-bond donors (Lipinski definition) is 1. The molecule has 0 unspecified atom stereocenters. The Balaban J connectivity index is 1.66. The Bertz CT molecular complexity index is 1110. The number of benzene rings is 1. The Kier molecular flexibility index (Phi) is 5.67. The molecule has 0 spiro atoms. The highest BCUT2D eigenvalue weighted by Gasteiger charge is 2.36. The molecule has 0 aliphatic carbocycles. The van der Waals surface area contributed by atoms with Gasteiger partial charge in [-0.25, -0.2) is 9.50 Å². The average Bonchev–Trinajstić information content (AvgIpc) is 3.11. The van der Waals surface area contributed by atoms with Gasteiger partial charge in [-0.2, -0.15) is 18.2 Å². The molecule has 0 radical (unpaired) electrons. The minimum Gasteiger partial charge on any atom is -0.352 e. The lowest BCUT2D eigenvalue weighted by Gasteiger charge is -2.10. The summed E-state index contributed by atoms with van der Waals surface area (Å²) in [5.41, 5.74) is 2.19. The number of amides is 1. The first-order chi connectivity index (χ1) is 14.1. The van der Waals surface area contributed by atoms with E-state index in [0.29, 0.717) is 22.5 Å². The van der Waals surface area contributed by atoms with Crippen molar-refractivity contribution >= 4 is 17.4 Å². The topological polar surface area (TPSA) is 115 Å². The molecule has 0 aliphatic heterocycles. The van der Waals surface area contributed by atoms with Crippen LogP contribution in [0.25, 0.3) is 5.78 Å². The highest BCUT2D eigenvalue weighted by atomic mass is 19.4. The van der Waals surface area contributed by atoms with Crippen molar-refractivity contribution in [1.82, 2.24) is 24.9 Å². The molecule has 2 heterocycles. The molecule has 0 saturated carbocycles. The number of aryl methyl sites for hydroxylation is 2. The van der Waals surface area contributed by atoms with Gasteiger partial charge >= 0.3 is 6.18 Å². The highest BCUT2D eigenvalue weighted by molar-refractivity contribution is 5.76. The van der Waals surface area contributed by atoms with Crippen molar-refractivity contribution in [3.8, 4) is 0 Å². The number of rotatable bonds is 6. The van der Waals surface area contributed by atoms with Crippen molar-refractivity contribution < 1.29 is 22.9 Å². The zero-order valence-corrected chi connectivity index (χ0v) is 16.0. The fraction of sp³-hybridized carbons (Fsp3) is 0.333. The third kappa shape index (κ3) is 4.53. The van der Waals surface area contributed by atoms with Crippen LogP contribution < -0.4 is 5.32 Å². The molecular formula is C18H17F3N6O3. The Morgan fingerprint density at radius 1 is 1.20 bits per heavy atom. The lowest BCUT2D eigenvalue weighted by Crippen LogP contribution is -2.23. The molecule has 0 saturated heterocycles. The lowest BCUT2D eigenvalue weighted by molar-refractivity contribution is -0.384. The smallest absolute Gasteiger partial charge is 0.352 e. The fourth-order valence-corrected chi connectivity index (χ4v) is 2.95. The van der Waals surface area contributed by atoms with Crippen LogP contribution in [0.4, 0.5) is 18.9 Å². The van der Waals surface area contributed by atoms with E-state index in [-0.39, 0.29) is 36.8 Å². The van der Waals surface area contributed by atoms with Gasteiger partial charge in [0.1, 0.15) is 0 Å². The number of nitrogens with zero attached hydrogens (tertiary/aromatic N) is 5. The normalized spacial score (nSPS) is 11.6. The molecule has 0 fully saturated rings. The van der Waals surface area contributed by atoms with Gasteiger partial charge in [-0.1, -0.05) is 12.1 Å². The van der Waals surface area contributed by atoms with Crippen molar-refractivity contribution in [2.45, 2.75) is 39.4 Å². The summed E-state index contributed by atoms with van der Waals surface area (Å²) in [6.45, 7) is 3.43. The van der Waals surface area contributed by atoms with Gasteiger partial charge in [0.2, 0.25) is 5.91 Å². The number of halogens is 3. The van der Waals surface area contributed by atoms with E-state index in [9.17, 15) is 28.1 Å². The number of carbonyl (C=O) groups excluding carboxylic acids is 1. The van der Waals surface area contributed by atoms with Crippen molar-refractivity contribution in [1.29, 1.82) is 0 Å². The maximum absolute atomic E-state index is 12.8. The molecule has 3 aromatic rings. The molecular weight excluding hydrogens is 405 g/mol. The van der Waals surface area contributed by atoms with Crippen LogP contribution in [0.3, 0.4) is 0 Å². The molecule has 1 aromatic carbocycles. The van der Waals surface area contributed by atoms with E-state index in [0.717, 1.165) is 4.52 Å². The first-order valence-corrected chi connectivity index (χ1v) is 8.86. The molecule has 0 bridgehead atoms. The van der Waals surface area contributed by atoms with Gasteiger partial charge in [-0.05, 0) is 31.4 Å². The van der Waals surface area contributed by atoms with Gasteiger partial charge in [0.25, 0.3) is 17.3 Å². The lowest BCUT2D eigenvalue weighted by atomic mass is 10.1. The van der Waals surface area contributed by atoms with E-state index in [1.54, 1.807) is 26.0 Å². The standard InChI is InChI=1S/C18H17F3N6O3/c1-10-14(11(2)26-17(23-10)24-16(25-26)18(19,20)21)7-8-15(28)22-9-12-3-5-13(6-4-12)27(29)30/h3-6H,7-9H2,1-2H3,(H,22,28). The van der Waals surface area contributed by atoms with Crippen LogP contribution in [0.15, 0.2) is 24.3 Å². The van der Waals surface area contributed by atoms with E-state index in [1.165, 1.54) is 12.1 Å². The summed E-state index contributed by atoms with van der Waals surface area (Å²) in [7, 11) is 0. The van der Waals surface area contributed by atoms with Crippen LogP contribution in [0.1, 0.15) is 34.8 Å². The maximum Gasteiger partial charge on any atom is 0.453 e. The summed E-state index contributed by atoms with van der Waals surface area (Å²) in [6, 6.07) is 5.80. The number of alkyl halides is 3. The zero-order valence-electron chi connectivity index (χ0n) is 16.0. The fourth-order valence-electron chi connectivity index (χ4n) is 2.95. The van der Waals surface area contributed by atoms with Gasteiger partial charge in [-0.3, -0.25) is 14.9 Å². The second-order valence-electron chi connectivity index (χ2n) is 6.61. The zero-order chi connectivity index (χ0) is 22.1. The molecule has 158 valence electrons. The molecule has 9 nitrogen and oxygen atoms in total. The predicted molar refractivity (Wildman–Crippen MR) is 98.5 cm³/mol. The molecule has 0 aliphatic rings. The SMILES string of the molecule is Cc1nc2nc(C(F)(F)F)nn2c(C)c1CCC(=O)NCc1ccc([N+](=O)[O-])cc1. The Labute approximate surface area is 168 Å². The van der Waals surface area contributed by atoms with Crippen LogP contribution in [0.5, 0.6) is 0 Å². The number of carbonyl (C=O) groups is 1. The Hall–Kier alpha value is -3.57. The van der Waals surface area contributed by atoms with Crippen molar-refractivity contribution in [2.24, 2.45) is 0 Å². The van der Waals surface area contributed by atoms with Gasteiger partial charge in [0, 0.05) is 36.5 Å². The van der Waals surface area contributed by atoms with Crippen LogP contribution in [-0.2, 0) is 23.9 Å². The van der Waals surface area contributed by atoms with Gasteiger partial charge in [0.05, 0.1) is 4.92 Å². The van der Waals surface area contributed by atoms with Crippen LogP contribution in [0.2, 0.25) is 0 Å². The minimum absolute atomic E-state index is 0.0410. The van der Waals surface area contributed by atoms with Crippen molar-refractivity contribution in [3.63, 3.8) is 0 Å². The number of hydrogen-bond acceptors (Lipinski definition) is 6. The third-order valence-corrected chi connectivity index (χ3v) is 4.54. The maximum atomic E-state index is 12.8. The molecule has 1 amide bonds. The summed E-state index contributed by atoms with van der Waals surface area (Å²) < 4.78 is 39.6. The monoisotopic (exact) mass is 422 g/mol. The van der Waals surface area contributed by atoms with E-state index >= 15 is 0 Å². The molecule has 1 N–H and O–H groups in total. The predicted octanol–water partition coefficient (Wildman–Crippen LogP) is 2.92. The largest absolute Gasteiger partial charge is 0.453 e. The number of fused-ring (bicyclic) bond motifs is 1. The highest BCUT2D eigenvalue weighted by Crippen LogP contribution is 2.27. The van der Waals surface area contributed by atoms with Gasteiger partial charge < -0.3 is 5.32 Å². The van der Waals surface area contributed by atoms with E-state index in [1.807, 2.05) is 0 Å². The second-order valence-corrected chi connectivity index (χ2v) is 6.61. The van der Waals surface area contributed by atoms with E-state index in [2.05, 4.69) is 20.4 Å². The first kappa shape index (κ1) is 21.1. The second kappa shape index (κ2) is 8.05. The number of nitrogens with one attached hydrogen (secondary N) is 1. The first-order valence-electron chi connectivity index (χ1n) is 8.86. The summed E-state index contributed by atoms with van der Waals surface area (Å²) >= 11 is 0. The summed E-state index contributed by atoms with van der Waals surface area (Å²) in [4.78, 5) is 29.8. The molecule has 12 heteroatoms. The third-order valence-electron chi connectivity index (χ3n) is 4.54.